The number of likely N-dealkylation sites (tertiary alicyclic amines) is 1. The molecular weight excluding hydrogens is 162 g/mol. The highest BCUT2D eigenvalue weighted by Gasteiger charge is 2.36. The van der Waals surface area contributed by atoms with Gasteiger partial charge in [-0.15, -0.1) is 0 Å². The zero-order valence-electron chi connectivity index (χ0n) is 8.58. The lowest BCUT2D eigenvalue weighted by Crippen LogP contribution is -2.43. The van der Waals surface area contributed by atoms with Crippen LogP contribution in [0.3, 0.4) is 0 Å². The van der Waals surface area contributed by atoms with Gasteiger partial charge in [0.05, 0.1) is 6.10 Å². The predicted molar refractivity (Wildman–Crippen MR) is 53.7 cm³/mol. The van der Waals surface area contributed by atoms with Gasteiger partial charge in [0.25, 0.3) is 0 Å². The van der Waals surface area contributed by atoms with Crippen LogP contribution in [0.4, 0.5) is 0 Å². The van der Waals surface area contributed by atoms with Crippen molar-refractivity contribution in [1.29, 1.82) is 0 Å². The quantitative estimate of drug-likeness (QED) is 0.705. The number of aliphatic hydroxyl groups excluding tert-OH is 1. The van der Waals surface area contributed by atoms with E-state index in [0.717, 1.165) is 12.5 Å². The smallest absolute Gasteiger partial charge is 0.0695 e. The monoisotopic (exact) mass is 183 g/mol. The maximum atomic E-state index is 9.82. The van der Waals surface area contributed by atoms with Gasteiger partial charge in [-0.2, -0.15) is 0 Å². The average molecular weight is 183 g/mol. The highest BCUT2D eigenvalue weighted by Crippen LogP contribution is 2.31. The summed E-state index contributed by atoms with van der Waals surface area (Å²) in [5.41, 5.74) is 0. The molecule has 0 spiro atoms. The fourth-order valence-electron chi connectivity index (χ4n) is 3.04. The molecule has 3 atom stereocenters. The molecule has 76 valence electrons. The Bertz CT molecular complexity index is 171. The van der Waals surface area contributed by atoms with E-state index in [1.54, 1.807) is 0 Å². The lowest BCUT2D eigenvalue weighted by Gasteiger charge is -2.31. The van der Waals surface area contributed by atoms with Gasteiger partial charge in [-0.3, -0.25) is 4.90 Å². The zero-order chi connectivity index (χ0) is 9.26. The van der Waals surface area contributed by atoms with E-state index in [0.29, 0.717) is 6.04 Å². The van der Waals surface area contributed by atoms with Crippen molar-refractivity contribution in [2.45, 2.75) is 63.6 Å². The molecule has 0 aromatic heterocycles. The van der Waals surface area contributed by atoms with E-state index in [1.807, 2.05) is 0 Å². The van der Waals surface area contributed by atoms with Gasteiger partial charge in [0, 0.05) is 12.1 Å². The Morgan fingerprint density at radius 1 is 1.23 bits per heavy atom. The summed E-state index contributed by atoms with van der Waals surface area (Å²) in [7, 11) is 0. The lowest BCUT2D eigenvalue weighted by molar-refractivity contribution is 0.0620. The highest BCUT2D eigenvalue weighted by molar-refractivity contribution is 4.91. The molecule has 0 amide bonds. The molecule has 1 saturated heterocycles. The Kier molecular flexibility index (Phi) is 2.89. The Morgan fingerprint density at radius 2 is 2.08 bits per heavy atom. The van der Waals surface area contributed by atoms with E-state index in [9.17, 15) is 5.11 Å². The molecule has 1 N–H and O–H groups in total. The number of hydrogen-bond acceptors (Lipinski definition) is 2. The largest absolute Gasteiger partial charge is 0.391 e. The standard InChI is InChI=1S/C11H21NO/c1-2-9-5-4-8-12(9)10-6-3-7-11(10)13/h9-11,13H,2-8H2,1H3/t9?,10-,11-/m1/s1. The van der Waals surface area contributed by atoms with Crippen LogP contribution in [0.1, 0.15) is 45.4 Å². The molecule has 0 radical (unpaired) electrons. The van der Waals surface area contributed by atoms with Gasteiger partial charge in [0.1, 0.15) is 0 Å². The first-order valence-corrected chi connectivity index (χ1v) is 5.76. The molecule has 1 unspecified atom stereocenters. The molecule has 1 heterocycles. The van der Waals surface area contributed by atoms with E-state index in [4.69, 9.17) is 0 Å². The molecule has 2 nitrogen and oxygen atoms in total. The fraction of sp³-hybridized carbons (Fsp3) is 1.00. The molecule has 2 fully saturated rings. The maximum absolute atomic E-state index is 9.82. The van der Waals surface area contributed by atoms with Gasteiger partial charge in [0.15, 0.2) is 0 Å². The van der Waals surface area contributed by atoms with E-state index in [-0.39, 0.29) is 6.10 Å². The van der Waals surface area contributed by atoms with Crippen molar-refractivity contribution >= 4 is 0 Å². The normalized spacial score (nSPS) is 41.5. The van der Waals surface area contributed by atoms with Crippen LogP contribution < -0.4 is 0 Å². The molecule has 0 aromatic rings. The minimum Gasteiger partial charge on any atom is -0.391 e. The molecule has 13 heavy (non-hydrogen) atoms. The van der Waals surface area contributed by atoms with Crippen molar-refractivity contribution in [3.8, 4) is 0 Å². The van der Waals surface area contributed by atoms with Crippen molar-refractivity contribution in [1.82, 2.24) is 4.90 Å². The van der Waals surface area contributed by atoms with Crippen molar-refractivity contribution in [2.75, 3.05) is 6.54 Å². The van der Waals surface area contributed by atoms with Crippen LogP contribution in [0.15, 0.2) is 0 Å². The van der Waals surface area contributed by atoms with Gasteiger partial charge in [-0.05, 0) is 45.1 Å². The molecule has 2 aliphatic rings. The first-order valence-electron chi connectivity index (χ1n) is 5.76. The molecular formula is C11H21NO. The zero-order valence-corrected chi connectivity index (χ0v) is 8.58. The molecule has 2 heteroatoms. The number of rotatable bonds is 2. The first-order chi connectivity index (χ1) is 6.33. The second-order valence-corrected chi connectivity index (χ2v) is 4.51. The highest BCUT2D eigenvalue weighted by atomic mass is 16.3. The van der Waals surface area contributed by atoms with Crippen molar-refractivity contribution in [2.24, 2.45) is 0 Å². The second-order valence-electron chi connectivity index (χ2n) is 4.51. The molecule has 1 aliphatic heterocycles. The Hall–Kier alpha value is -0.0800. The Morgan fingerprint density at radius 3 is 2.69 bits per heavy atom. The molecule has 2 rings (SSSR count). The topological polar surface area (TPSA) is 23.5 Å². The van der Waals surface area contributed by atoms with Crippen LogP contribution in [0, 0.1) is 0 Å². The number of nitrogens with zero attached hydrogens (tertiary/aromatic N) is 1. The fourth-order valence-corrected chi connectivity index (χ4v) is 3.04. The van der Waals surface area contributed by atoms with Crippen molar-refractivity contribution in [3.63, 3.8) is 0 Å². The summed E-state index contributed by atoms with van der Waals surface area (Å²) in [6, 6.07) is 1.25. The lowest BCUT2D eigenvalue weighted by atomic mass is 10.1. The van der Waals surface area contributed by atoms with E-state index in [1.165, 1.54) is 38.6 Å². The maximum Gasteiger partial charge on any atom is 0.0695 e. The summed E-state index contributed by atoms with van der Waals surface area (Å²) in [5, 5.41) is 9.82. The van der Waals surface area contributed by atoms with Gasteiger partial charge in [-0.1, -0.05) is 6.92 Å². The summed E-state index contributed by atoms with van der Waals surface area (Å²) in [6.45, 7) is 3.49. The third kappa shape index (κ3) is 1.75. The molecule has 1 aliphatic carbocycles. The van der Waals surface area contributed by atoms with Gasteiger partial charge in [0.2, 0.25) is 0 Å². The van der Waals surface area contributed by atoms with Gasteiger partial charge in [-0.25, -0.2) is 0 Å². The van der Waals surface area contributed by atoms with E-state index in [2.05, 4.69) is 11.8 Å². The summed E-state index contributed by atoms with van der Waals surface area (Å²) >= 11 is 0. The van der Waals surface area contributed by atoms with Crippen LogP contribution >= 0.6 is 0 Å². The Balaban J connectivity index is 1.98. The summed E-state index contributed by atoms with van der Waals surface area (Å²) in [5.74, 6) is 0. The predicted octanol–water partition coefficient (Wildman–Crippen LogP) is 1.77. The SMILES string of the molecule is CCC1CCCN1[C@@H]1CCC[C@H]1O. The average Bonchev–Trinajstić information content (AvgIpc) is 2.71. The van der Waals surface area contributed by atoms with Crippen LogP contribution in [0.25, 0.3) is 0 Å². The Labute approximate surface area is 80.9 Å². The molecule has 1 saturated carbocycles. The van der Waals surface area contributed by atoms with E-state index >= 15 is 0 Å². The first kappa shape index (κ1) is 9.47. The molecule has 0 bridgehead atoms. The number of hydrogen-bond donors (Lipinski definition) is 1. The molecule has 0 aromatic carbocycles. The minimum atomic E-state index is -0.0350. The second kappa shape index (κ2) is 3.97. The van der Waals surface area contributed by atoms with Gasteiger partial charge < -0.3 is 5.11 Å². The van der Waals surface area contributed by atoms with Crippen molar-refractivity contribution < 1.29 is 5.11 Å². The summed E-state index contributed by atoms with van der Waals surface area (Å²) in [6.07, 6.45) is 7.37. The van der Waals surface area contributed by atoms with E-state index < -0.39 is 0 Å². The third-order valence-corrected chi connectivity index (χ3v) is 3.76. The van der Waals surface area contributed by atoms with Crippen LogP contribution in [-0.4, -0.2) is 34.7 Å². The number of aliphatic hydroxyl groups is 1. The third-order valence-electron chi connectivity index (χ3n) is 3.76. The van der Waals surface area contributed by atoms with Crippen molar-refractivity contribution in [3.05, 3.63) is 0 Å². The van der Waals surface area contributed by atoms with Crippen LogP contribution in [-0.2, 0) is 0 Å². The summed E-state index contributed by atoms with van der Waals surface area (Å²) < 4.78 is 0. The van der Waals surface area contributed by atoms with Gasteiger partial charge >= 0.3 is 0 Å². The minimum absolute atomic E-state index is 0.0350. The summed E-state index contributed by atoms with van der Waals surface area (Å²) in [4.78, 5) is 2.57. The van der Waals surface area contributed by atoms with Crippen LogP contribution in [0.2, 0.25) is 0 Å². The van der Waals surface area contributed by atoms with Crippen LogP contribution in [0.5, 0.6) is 0 Å².